The number of carbonyl (C=O) groups is 1. The molecule has 4 heteroatoms. The van der Waals surface area contributed by atoms with Crippen molar-refractivity contribution in [3.8, 4) is 5.75 Å². The number of piperidine rings is 1. The van der Waals surface area contributed by atoms with E-state index in [1.54, 1.807) is 6.07 Å². The van der Waals surface area contributed by atoms with Crippen LogP contribution in [-0.4, -0.2) is 35.0 Å². The monoisotopic (exact) mass is 372 g/mol. The van der Waals surface area contributed by atoms with Gasteiger partial charge in [-0.3, -0.25) is 4.79 Å². The third-order valence-corrected chi connectivity index (χ3v) is 7.54. The minimum Gasteiger partial charge on any atom is -0.508 e. The van der Waals surface area contributed by atoms with E-state index in [-0.39, 0.29) is 11.3 Å². The van der Waals surface area contributed by atoms with Crippen LogP contribution < -0.4 is 5.73 Å². The molecule has 3 N–H and O–H groups in total. The number of carbonyl (C=O) groups excluding carboxylic acids is 1. The second kappa shape index (κ2) is 8.22. The van der Waals surface area contributed by atoms with E-state index in [9.17, 15) is 9.90 Å². The van der Waals surface area contributed by atoms with Crippen LogP contribution in [0.25, 0.3) is 0 Å². The standard InChI is InChI=1S/C23H36N2O2/c1-16-9-10-20(26)14-21(16)23(11-5-8-22(24)27)12-13-25(18(3)17(23)2)15-19-6-4-7-19/h9-10,14,17-19,26H,4-8,11-13,15H2,1-3H3,(H2,24,27)/t17-,18+,23?/m0/s1. The fraction of sp³-hybridized carbons (Fsp3) is 0.696. The molecule has 3 rings (SSSR count). The van der Waals surface area contributed by atoms with E-state index >= 15 is 0 Å². The molecule has 3 atom stereocenters. The normalized spacial score (nSPS) is 29.4. The van der Waals surface area contributed by atoms with Gasteiger partial charge in [0, 0.05) is 24.4 Å². The molecule has 1 aromatic rings. The smallest absolute Gasteiger partial charge is 0.217 e. The second-order valence-corrected chi connectivity index (χ2v) is 9.05. The predicted molar refractivity (Wildman–Crippen MR) is 110 cm³/mol. The Morgan fingerprint density at radius 3 is 2.70 bits per heavy atom. The highest BCUT2D eigenvalue weighted by atomic mass is 16.3. The zero-order valence-corrected chi connectivity index (χ0v) is 17.2. The third kappa shape index (κ3) is 4.16. The fourth-order valence-corrected chi connectivity index (χ4v) is 5.41. The Morgan fingerprint density at radius 2 is 2.07 bits per heavy atom. The number of phenolic OH excluding ortho intramolecular Hbond substituents is 1. The molecule has 1 saturated carbocycles. The molecule has 4 nitrogen and oxygen atoms in total. The molecule has 1 unspecified atom stereocenters. The summed E-state index contributed by atoms with van der Waals surface area (Å²) in [6.07, 6.45) is 7.43. The van der Waals surface area contributed by atoms with Crippen molar-refractivity contribution < 1.29 is 9.90 Å². The Balaban J connectivity index is 1.87. The van der Waals surface area contributed by atoms with Crippen LogP contribution in [0.2, 0.25) is 0 Å². The number of amides is 1. The molecule has 2 aliphatic rings. The number of aromatic hydroxyl groups is 1. The van der Waals surface area contributed by atoms with Crippen molar-refractivity contribution in [3.05, 3.63) is 29.3 Å². The molecule has 150 valence electrons. The van der Waals surface area contributed by atoms with E-state index in [1.165, 1.54) is 36.9 Å². The molecule has 27 heavy (non-hydrogen) atoms. The first-order valence-corrected chi connectivity index (χ1v) is 10.7. The maximum absolute atomic E-state index is 11.3. The first kappa shape index (κ1) is 20.2. The van der Waals surface area contributed by atoms with Crippen molar-refractivity contribution in [2.24, 2.45) is 17.6 Å². The number of nitrogens with two attached hydrogens (primary N) is 1. The van der Waals surface area contributed by atoms with Gasteiger partial charge < -0.3 is 15.7 Å². The van der Waals surface area contributed by atoms with Gasteiger partial charge in [-0.15, -0.1) is 0 Å². The van der Waals surface area contributed by atoms with E-state index < -0.39 is 0 Å². The Kier molecular flexibility index (Phi) is 6.15. The largest absolute Gasteiger partial charge is 0.508 e. The maximum atomic E-state index is 11.3. The quantitative estimate of drug-likeness (QED) is 0.756. The summed E-state index contributed by atoms with van der Waals surface area (Å²) in [5, 5.41) is 10.2. The van der Waals surface area contributed by atoms with E-state index in [0.29, 0.717) is 24.1 Å². The van der Waals surface area contributed by atoms with Crippen LogP contribution in [0.1, 0.15) is 69.9 Å². The average molecular weight is 373 g/mol. The minimum atomic E-state index is -0.221. The summed E-state index contributed by atoms with van der Waals surface area (Å²) in [4.78, 5) is 14.0. The number of aryl methyl sites for hydroxylation is 1. The van der Waals surface area contributed by atoms with Crippen LogP contribution in [0, 0.1) is 18.8 Å². The van der Waals surface area contributed by atoms with Crippen LogP contribution in [0.4, 0.5) is 0 Å². The van der Waals surface area contributed by atoms with Crippen molar-refractivity contribution in [2.75, 3.05) is 13.1 Å². The van der Waals surface area contributed by atoms with Gasteiger partial charge in [0.05, 0.1) is 0 Å². The summed E-state index contributed by atoms with van der Waals surface area (Å²) in [5.41, 5.74) is 7.90. The molecule has 0 radical (unpaired) electrons. The Hall–Kier alpha value is -1.55. The Morgan fingerprint density at radius 1 is 1.33 bits per heavy atom. The SMILES string of the molecule is Cc1ccc(O)cc1C1(CCCC(N)=O)CCN(CC2CCC2)[C@H](C)[C@@H]1C. The molecule has 1 heterocycles. The van der Waals surface area contributed by atoms with Gasteiger partial charge in [0.2, 0.25) is 5.91 Å². The van der Waals surface area contributed by atoms with Crippen LogP contribution in [0.5, 0.6) is 5.75 Å². The van der Waals surface area contributed by atoms with Gasteiger partial charge >= 0.3 is 0 Å². The summed E-state index contributed by atoms with van der Waals surface area (Å²) in [6.45, 7) is 9.19. The third-order valence-electron chi connectivity index (χ3n) is 7.54. The van der Waals surface area contributed by atoms with Gasteiger partial charge in [0.25, 0.3) is 0 Å². The number of likely N-dealkylation sites (tertiary alicyclic amines) is 1. The summed E-state index contributed by atoms with van der Waals surface area (Å²) in [7, 11) is 0. The second-order valence-electron chi connectivity index (χ2n) is 9.05. The van der Waals surface area contributed by atoms with Crippen molar-refractivity contribution in [2.45, 2.75) is 77.2 Å². The summed E-state index contributed by atoms with van der Waals surface area (Å²) < 4.78 is 0. The molecule has 0 aromatic heterocycles. The molecule has 1 aromatic carbocycles. The van der Waals surface area contributed by atoms with Crippen LogP contribution >= 0.6 is 0 Å². The highest BCUT2D eigenvalue weighted by Crippen LogP contribution is 2.48. The number of benzene rings is 1. The Bertz CT molecular complexity index is 670. The van der Waals surface area contributed by atoms with Crippen LogP contribution in [0.15, 0.2) is 18.2 Å². The molecule has 0 spiro atoms. The molecule has 2 fully saturated rings. The zero-order chi connectivity index (χ0) is 19.6. The van der Waals surface area contributed by atoms with Gasteiger partial charge in [-0.05, 0) is 87.6 Å². The van der Waals surface area contributed by atoms with E-state index in [4.69, 9.17) is 5.73 Å². The van der Waals surface area contributed by atoms with Crippen LogP contribution in [0.3, 0.4) is 0 Å². The molecule has 0 bridgehead atoms. The first-order valence-electron chi connectivity index (χ1n) is 10.7. The lowest BCUT2D eigenvalue weighted by atomic mass is 9.60. The topological polar surface area (TPSA) is 66.6 Å². The molecule has 1 saturated heterocycles. The number of hydrogen-bond acceptors (Lipinski definition) is 3. The molecular formula is C23H36N2O2. The molecular weight excluding hydrogens is 336 g/mol. The zero-order valence-electron chi connectivity index (χ0n) is 17.2. The number of rotatable bonds is 7. The Labute approximate surface area is 164 Å². The minimum absolute atomic E-state index is 0.00615. The van der Waals surface area contributed by atoms with Crippen molar-refractivity contribution >= 4 is 5.91 Å². The average Bonchev–Trinajstić information content (AvgIpc) is 2.58. The highest BCUT2D eigenvalue weighted by Gasteiger charge is 2.46. The lowest BCUT2D eigenvalue weighted by Gasteiger charge is -2.53. The van der Waals surface area contributed by atoms with Gasteiger partial charge in [0.1, 0.15) is 5.75 Å². The maximum Gasteiger partial charge on any atom is 0.217 e. The summed E-state index contributed by atoms with van der Waals surface area (Å²) in [5.74, 6) is 1.45. The molecule has 1 aliphatic carbocycles. The van der Waals surface area contributed by atoms with Crippen molar-refractivity contribution in [1.82, 2.24) is 4.90 Å². The number of nitrogens with zero attached hydrogens (tertiary/aromatic N) is 1. The molecule has 1 amide bonds. The van der Waals surface area contributed by atoms with Gasteiger partial charge in [-0.25, -0.2) is 0 Å². The van der Waals surface area contributed by atoms with Gasteiger partial charge in [0.15, 0.2) is 0 Å². The lowest BCUT2D eigenvalue weighted by Crippen LogP contribution is -2.55. The predicted octanol–water partition coefficient (Wildman–Crippen LogP) is 4.12. The van der Waals surface area contributed by atoms with E-state index in [0.717, 1.165) is 31.7 Å². The van der Waals surface area contributed by atoms with Gasteiger partial charge in [-0.2, -0.15) is 0 Å². The lowest BCUT2D eigenvalue weighted by molar-refractivity contribution is -0.118. The fourth-order valence-electron chi connectivity index (χ4n) is 5.41. The van der Waals surface area contributed by atoms with E-state index in [2.05, 4.69) is 25.7 Å². The summed E-state index contributed by atoms with van der Waals surface area (Å²) in [6, 6.07) is 6.26. The van der Waals surface area contributed by atoms with Crippen molar-refractivity contribution in [3.63, 3.8) is 0 Å². The number of hydrogen-bond donors (Lipinski definition) is 2. The summed E-state index contributed by atoms with van der Waals surface area (Å²) >= 11 is 0. The number of primary amides is 1. The van der Waals surface area contributed by atoms with Crippen LogP contribution in [-0.2, 0) is 10.2 Å². The van der Waals surface area contributed by atoms with Crippen molar-refractivity contribution in [1.29, 1.82) is 0 Å². The van der Waals surface area contributed by atoms with E-state index in [1.807, 2.05) is 12.1 Å². The molecule has 1 aliphatic heterocycles. The van der Waals surface area contributed by atoms with Gasteiger partial charge in [-0.1, -0.05) is 19.4 Å². The highest BCUT2D eigenvalue weighted by molar-refractivity contribution is 5.73. The first-order chi connectivity index (χ1) is 12.8. The number of phenols is 1.